The standard InChI is InChI=1S/C8H6ClN3O/c1-12-8(13)5-3-2-4-10-6(5)7(9)11-12/h2-4H,1H3. The van der Waals surface area contributed by atoms with Crippen molar-refractivity contribution < 1.29 is 0 Å². The van der Waals surface area contributed by atoms with E-state index in [1.54, 1.807) is 25.4 Å². The fraction of sp³-hybridized carbons (Fsp3) is 0.125. The zero-order chi connectivity index (χ0) is 9.42. The van der Waals surface area contributed by atoms with Gasteiger partial charge in [-0.3, -0.25) is 9.78 Å². The molecule has 0 amide bonds. The van der Waals surface area contributed by atoms with Crippen LogP contribution in [0.4, 0.5) is 0 Å². The van der Waals surface area contributed by atoms with Gasteiger partial charge in [0.15, 0.2) is 5.15 Å². The minimum absolute atomic E-state index is 0.187. The Kier molecular flexibility index (Phi) is 1.77. The molecule has 4 nitrogen and oxygen atoms in total. The van der Waals surface area contributed by atoms with Gasteiger partial charge >= 0.3 is 0 Å². The van der Waals surface area contributed by atoms with Gasteiger partial charge in [-0.2, -0.15) is 5.10 Å². The smallest absolute Gasteiger partial charge is 0.267 e. The molecule has 13 heavy (non-hydrogen) atoms. The molecule has 5 heteroatoms. The maximum Gasteiger partial charge on any atom is 0.276 e. The lowest BCUT2D eigenvalue weighted by Gasteiger charge is -2.00. The highest BCUT2D eigenvalue weighted by atomic mass is 35.5. The van der Waals surface area contributed by atoms with Gasteiger partial charge in [0.25, 0.3) is 5.56 Å². The molecule has 0 bridgehead atoms. The van der Waals surface area contributed by atoms with Crippen LogP contribution in [0.5, 0.6) is 0 Å². The minimum atomic E-state index is -0.187. The summed E-state index contributed by atoms with van der Waals surface area (Å²) in [5, 5.41) is 4.55. The first-order valence-corrected chi connectivity index (χ1v) is 4.05. The summed E-state index contributed by atoms with van der Waals surface area (Å²) in [6.07, 6.45) is 1.58. The van der Waals surface area contributed by atoms with Gasteiger partial charge in [0.05, 0.1) is 5.39 Å². The largest absolute Gasteiger partial charge is 0.276 e. The molecule has 0 aliphatic rings. The molecule has 0 aromatic carbocycles. The van der Waals surface area contributed by atoms with Gasteiger partial charge in [0.2, 0.25) is 0 Å². The van der Waals surface area contributed by atoms with Crippen molar-refractivity contribution in [2.45, 2.75) is 0 Å². The lowest BCUT2D eigenvalue weighted by molar-refractivity contribution is 0.717. The van der Waals surface area contributed by atoms with Crippen LogP contribution in [0.25, 0.3) is 10.9 Å². The highest BCUT2D eigenvalue weighted by Crippen LogP contribution is 2.13. The molecule has 0 N–H and O–H groups in total. The molecule has 0 saturated carbocycles. The molecule has 0 radical (unpaired) electrons. The number of hydrogen-bond acceptors (Lipinski definition) is 3. The minimum Gasteiger partial charge on any atom is -0.267 e. The van der Waals surface area contributed by atoms with Gasteiger partial charge in [0, 0.05) is 13.2 Å². The van der Waals surface area contributed by atoms with Crippen molar-refractivity contribution in [2.75, 3.05) is 0 Å². The second kappa shape index (κ2) is 2.81. The van der Waals surface area contributed by atoms with Crippen LogP contribution in [0.15, 0.2) is 23.1 Å². The molecule has 2 aromatic rings. The number of hydrogen-bond donors (Lipinski definition) is 0. The zero-order valence-corrected chi connectivity index (χ0v) is 7.62. The Bertz CT molecular complexity index is 520. The predicted molar refractivity (Wildman–Crippen MR) is 49.8 cm³/mol. The van der Waals surface area contributed by atoms with Gasteiger partial charge in [-0.1, -0.05) is 11.6 Å². The molecule has 0 aliphatic heterocycles. The fourth-order valence-electron chi connectivity index (χ4n) is 1.14. The fourth-order valence-corrected chi connectivity index (χ4v) is 1.41. The van der Waals surface area contributed by atoms with Crippen molar-refractivity contribution in [2.24, 2.45) is 7.05 Å². The molecule has 0 unspecified atom stereocenters. The average molecular weight is 196 g/mol. The number of aryl methyl sites for hydroxylation is 1. The lowest BCUT2D eigenvalue weighted by Crippen LogP contribution is -2.19. The number of pyridine rings is 1. The number of nitrogens with zero attached hydrogens (tertiary/aromatic N) is 3. The molecule has 0 spiro atoms. The Balaban J connectivity index is 3.06. The summed E-state index contributed by atoms with van der Waals surface area (Å²) >= 11 is 5.80. The van der Waals surface area contributed by atoms with Crippen LogP contribution in [-0.4, -0.2) is 14.8 Å². The van der Waals surface area contributed by atoms with E-state index in [1.807, 2.05) is 0 Å². The van der Waals surface area contributed by atoms with E-state index in [4.69, 9.17) is 11.6 Å². The zero-order valence-electron chi connectivity index (χ0n) is 6.86. The molecule has 2 heterocycles. The van der Waals surface area contributed by atoms with Crippen LogP contribution in [0.1, 0.15) is 0 Å². The van der Waals surface area contributed by atoms with Crippen molar-refractivity contribution in [3.63, 3.8) is 0 Å². The Morgan fingerprint density at radius 3 is 3.08 bits per heavy atom. The molecule has 0 saturated heterocycles. The third-order valence-corrected chi connectivity index (χ3v) is 2.02. The molecule has 0 aliphatic carbocycles. The molecule has 2 rings (SSSR count). The van der Waals surface area contributed by atoms with Crippen molar-refractivity contribution in [3.05, 3.63) is 33.8 Å². The van der Waals surface area contributed by atoms with Crippen molar-refractivity contribution in [1.82, 2.24) is 14.8 Å². The van der Waals surface area contributed by atoms with E-state index in [2.05, 4.69) is 10.1 Å². The summed E-state index contributed by atoms with van der Waals surface area (Å²) < 4.78 is 1.20. The molecule has 0 atom stereocenters. The molecule has 2 aromatic heterocycles. The quantitative estimate of drug-likeness (QED) is 0.630. The Labute approximate surface area is 78.8 Å². The van der Waals surface area contributed by atoms with Gasteiger partial charge in [-0.25, -0.2) is 4.68 Å². The highest BCUT2D eigenvalue weighted by Gasteiger charge is 2.06. The van der Waals surface area contributed by atoms with E-state index in [0.29, 0.717) is 10.9 Å². The normalized spacial score (nSPS) is 10.6. The first-order chi connectivity index (χ1) is 6.20. The molecular weight excluding hydrogens is 190 g/mol. The van der Waals surface area contributed by atoms with Gasteiger partial charge in [0.1, 0.15) is 5.52 Å². The van der Waals surface area contributed by atoms with Crippen LogP contribution >= 0.6 is 11.6 Å². The van der Waals surface area contributed by atoms with Gasteiger partial charge in [-0.15, -0.1) is 0 Å². The Morgan fingerprint density at radius 1 is 1.54 bits per heavy atom. The van der Waals surface area contributed by atoms with Crippen LogP contribution in [0.3, 0.4) is 0 Å². The van der Waals surface area contributed by atoms with Crippen LogP contribution in [0, 0.1) is 0 Å². The van der Waals surface area contributed by atoms with Crippen molar-refractivity contribution >= 4 is 22.5 Å². The molecular formula is C8H6ClN3O. The van der Waals surface area contributed by atoms with E-state index >= 15 is 0 Å². The highest BCUT2D eigenvalue weighted by molar-refractivity contribution is 6.33. The number of fused-ring (bicyclic) bond motifs is 1. The monoisotopic (exact) mass is 195 g/mol. The summed E-state index contributed by atoms with van der Waals surface area (Å²) in [7, 11) is 1.56. The van der Waals surface area contributed by atoms with Crippen molar-refractivity contribution in [3.8, 4) is 0 Å². The molecule has 0 fully saturated rings. The van der Waals surface area contributed by atoms with Crippen LogP contribution in [-0.2, 0) is 7.05 Å². The molecule has 66 valence electrons. The number of rotatable bonds is 0. The summed E-state index contributed by atoms with van der Waals surface area (Å²) in [5.41, 5.74) is 0.264. The summed E-state index contributed by atoms with van der Waals surface area (Å²) in [4.78, 5) is 15.5. The maximum atomic E-state index is 11.5. The van der Waals surface area contributed by atoms with Crippen molar-refractivity contribution in [1.29, 1.82) is 0 Å². The number of aromatic nitrogens is 3. The van der Waals surface area contributed by atoms with E-state index in [0.717, 1.165) is 0 Å². The maximum absolute atomic E-state index is 11.5. The average Bonchev–Trinajstić information content (AvgIpc) is 2.15. The first kappa shape index (κ1) is 8.19. The summed E-state index contributed by atoms with van der Waals surface area (Å²) in [6.45, 7) is 0. The summed E-state index contributed by atoms with van der Waals surface area (Å²) in [6, 6.07) is 3.37. The van der Waals surface area contributed by atoms with E-state index in [-0.39, 0.29) is 10.7 Å². The third kappa shape index (κ3) is 1.19. The second-order valence-electron chi connectivity index (χ2n) is 2.62. The topological polar surface area (TPSA) is 47.8 Å². The van der Waals surface area contributed by atoms with Crippen LogP contribution in [0.2, 0.25) is 5.15 Å². The predicted octanol–water partition coefficient (Wildman–Crippen LogP) is 0.982. The van der Waals surface area contributed by atoms with Crippen LogP contribution < -0.4 is 5.56 Å². The second-order valence-corrected chi connectivity index (χ2v) is 2.98. The van der Waals surface area contributed by atoms with Gasteiger partial charge < -0.3 is 0 Å². The first-order valence-electron chi connectivity index (χ1n) is 3.67. The Morgan fingerprint density at radius 2 is 2.31 bits per heavy atom. The lowest BCUT2D eigenvalue weighted by atomic mass is 10.3. The van der Waals surface area contributed by atoms with Gasteiger partial charge in [-0.05, 0) is 12.1 Å². The third-order valence-electron chi connectivity index (χ3n) is 1.77. The Hall–Kier alpha value is -1.42. The van der Waals surface area contributed by atoms with E-state index < -0.39 is 0 Å². The van der Waals surface area contributed by atoms with E-state index in [9.17, 15) is 4.79 Å². The number of halogens is 1. The van der Waals surface area contributed by atoms with E-state index in [1.165, 1.54) is 4.68 Å². The SMILES string of the molecule is Cn1nc(Cl)c2ncccc2c1=O. The summed E-state index contributed by atoms with van der Waals surface area (Å²) in [5.74, 6) is 0.